The van der Waals surface area contributed by atoms with Crippen LogP contribution < -0.4 is 0 Å². The summed E-state index contributed by atoms with van der Waals surface area (Å²) in [5.74, 6) is -5.06. The number of nitrogens with zero attached hydrogens (tertiary/aromatic N) is 1. The van der Waals surface area contributed by atoms with Gasteiger partial charge in [-0.25, -0.2) is 4.79 Å². The van der Waals surface area contributed by atoms with Crippen LogP contribution >= 0.6 is 0 Å². The van der Waals surface area contributed by atoms with Crippen molar-refractivity contribution in [3.8, 4) is 0 Å². The van der Waals surface area contributed by atoms with Crippen molar-refractivity contribution in [3.05, 3.63) is 0 Å². The number of hydroxylamine groups is 2. The lowest BCUT2D eigenvalue weighted by atomic mass is 9.77. The molecule has 22 heavy (non-hydrogen) atoms. The first-order valence-electron chi connectivity index (χ1n) is 6.95. The van der Waals surface area contributed by atoms with Crippen LogP contribution in [0.1, 0.15) is 33.1 Å². The highest BCUT2D eigenvalue weighted by atomic mass is 16.8. The van der Waals surface area contributed by atoms with E-state index in [-0.39, 0.29) is 13.0 Å². The number of piperidine rings is 1. The smallest absolute Gasteiger partial charge is 0.359 e. The van der Waals surface area contributed by atoms with Crippen molar-refractivity contribution >= 4 is 17.9 Å². The second kappa shape index (κ2) is 4.40. The molecule has 122 valence electrons. The maximum absolute atomic E-state index is 12.3. The van der Waals surface area contributed by atoms with Crippen LogP contribution in [-0.2, 0) is 28.7 Å². The molecule has 3 rings (SSSR count). The molecule has 0 amide bonds. The Morgan fingerprint density at radius 1 is 1.14 bits per heavy atom. The van der Waals surface area contributed by atoms with E-state index in [2.05, 4.69) is 0 Å². The van der Waals surface area contributed by atoms with Crippen LogP contribution in [0.25, 0.3) is 0 Å². The van der Waals surface area contributed by atoms with Gasteiger partial charge in [-0.05, 0) is 20.3 Å². The quantitative estimate of drug-likeness (QED) is 0.531. The molecule has 3 heterocycles. The maximum Gasteiger partial charge on any atom is 0.359 e. The van der Waals surface area contributed by atoms with Crippen LogP contribution in [0.15, 0.2) is 0 Å². The summed E-state index contributed by atoms with van der Waals surface area (Å²) in [5.41, 5.74) is -3.61. The van der Waals surface area contributed by atoms with E-state index in [9.17, 15) is 24.6 Å². The zero-order valence-electron chi connectivity index (χ0n) is 12.2. The second-order valence-corrected chi connectivity index (χ2v) is 6.42. The van der Waals surface area contributed by atoms with Gasteiger partial charge < -0.3 is 24.5 Å². The van der Waals surface area contributed by atoms with E-state index in [1.165, 1.54) is 13.8 Å². The van der Waals surface area contributed by atoms with Crippen LogP contribution in [0, 0.1) is 5.41 Å². The number of ether oxygens (including phenoxy) is 2. The molecule has 0 radical (unpaired) electrons. The Kier molecular flexibility index (Phi) is 3.04. The third-order valence-corrected chi connectivity index (χ3v) is 4.53. The van der Waals surface area contributed by atoms with E-state index >= 15 is 0 Å². The van der Waals surface area contributed by atoms with E-state index in [1.54, 1.807) is 0 Å². The number of rotatable bonds is 0. The molecule has 0 saturated carbocycles. The minimum absolute atomic E-state index is 0.00925. The molecule has 1 spiro atoms. The van der Waals surface area contributed by atoms with E-state index in [1.807, 2.05) is 0 Å². The Morgan fingerprint density at radius 3 is 2.45 bits per heavy atom. The topological polar surface area (TPSA) is 123 Å². The first-order valence-corrected chi connectivity index (χ1v) is 6.95. The molecule has 3 unspecified atom stereocenters. The summed E-state index contributed by atoms with van der Waals surface area (Å²) in [6.07, 6.45) is -2.19. The molecule has 3 aliphatic rings. The van der Waals surface area contributed by atoms with Crippen molar-refractivity contribution < 1.29 is 38.9 Å². The van der Waals surface area contributed by atoms with Gasteiger partial charge in [0.15, 0.2) is 5.60 Å². The summed E-state index contributed by atoms with van der Waals surface area (Å²) >= 11 is 0. The largest absolute Gasteiger partial charge is 0.405 e. The monoisotopic (exact) mass is 315 g/mol. The lowest BCUT2D eigenvalue weighted by molar-refractivity contribution is -0.428. The molecule has 3 atom stereocenters. The number of hydrogen-bond acceptors (Lipinski definition) is 9. The third kappa shape index (κ3) is 1.86. The highest BCUT2D eigenvalue weighted by Crippen LogP contribution is 2.49. The number of hydrogen-bond donors (Lipinski definition) is 2. The summed E-state index contributed by atoms with van der Waals surface area (Å²) in [4.78, 5) is 41.4. The predicted octanol–water partition coefficient (Wildman–Crippen LogP) is -1.18. The van der Waals surface area contributed by atoms with Crippen LogP contribution in [0.4, 0.5) is 0 Å². The molecule has 0 aromatic heterocycles. The average Bonchev–Trinajstić information content (AvgIpc) is 2.44. The fourth-order valence-corrected chi connectivity index (χ4v) is 3.02. The van der Waals surface area contributed by atoms with Gasteiger partial charge in [-0.15, -0.1) is 0 Å². The summed E-state index contributed by atoms with van der Waals surface area (Å²) in [7, 11) is 0. The molecule has 0 aromatic carbocycles. The number of carbonyl (C=O) groups excluding carboxylic acids is 3. The minimum atomic E-state index is -2.33. The molecule has 3 aliphatic heterocycles. The van der Waals surface area contributed by atoms with Gasteiger partial charge in [-0.1, -0.05) is 5.06 Å². The Hall–Kier alpha value is -1.71. The predicted molar refractivity (Wildman–Crippen MR) is 66.3 cm³/mol. The summed E-state index contributed by atoms with van der Waals surface area (Å²) in [6, 6.07) is 0. The zero-order chi connectivity index (χ0) is 16.3. The summed E-state index contributed by atoms with van der Waals surface area (Å²) in [5, 5.41) is 21.5. The maximum atomic E-state index is 12.3. The molecule has 9 nitrogen and oxygen atoms in total. The molecule has 9 heteroatoms. The number of esters is 2. The molecule has 0 aromatic rings. The van der Waals surface area contributed by atoms with E-state index < -0.39 is 53.8 Å². The van der Waals surface area contributed by atoms with Crippen LogP contribution in [0.2, 0.25) is 0 Å². The van der Waals surface area contributed by atoms with Crippen molar-refractivity contribution in [2.75, 3.05) is 6.54 Å². The lowest BCUT2D eigenvalue weighted by Gasteiger charge is -2.53. The van der Waals surface area contributed by atoms with Gasteiger partial charge in [0.25, 0.3) is 0 Å². The highest BCUT2D eigenvalue weighted by Gasteiger charge is 2.68. The zero-order valence-corrected chi connectivity index (χ0v) is 12.2. The first kappa shape index (κ1) is 15.2. The Labute approximate surface area is 125 Å². The molecule has 2 N–H and O–H groups in total. The standard InChI is InChI=1S/C13H17NO8/c1-11(2)7(15)3-4-14-13(11)20-8(16)5-12(19,10(18)21-13)6-9(17)22-14/h7,15,19H,3-6H2,1-2H3. The highest BCUT2D eigenvalue weighted by molar-refractivity contribution is 5.91. The Balaban J connectivity index is 2.18. The van der Waals surface area contributed by atoms with Gasteiger partial charge in [0.1, 0.15) is 0 Å². The minimum Gasteiger partial charge on any atom is -0.405 e. The fourth-order valence-electron chi connectivity index (χ4n) is 3.02. The number of fused-ring (bicyclic) bond motifs is 2. The summed E-state index contributed by atoms with van der Waals surface area (Å²) < 4.78 is 10.5. The molecule has 3 fully saturated rings. The lowest BCUT2D eigenvalue weighted by Crippen LogP contribution is -2.70. The molecular weight excluding hydrogens is 298 g/mol. The van der Waals surface area contributed by atoms with E-state index in [0.717, 1.165) is 5.06 Å². The normalized spacial score (nSPS) is 41.5. The van der Waals surface area contributed by atoms with Crippen LogP contribution in [0.3, 0.4) is 0 Å². The van der Waals surface area contributed by atoms with Gasteiger partial charge in [-0.3, -0.25) is 9.59 Å². The molecular formula is C13H17NO8. The van der Waals surface area contributed by atoms with Crippen molar-refractivity contribution in [2.45, 2.75) is 50.7 Å². The first-order chi connectivity index (χ1) is 10.1. The van der Waals surface area contributed by atoms with E-state index in [4.69, 9.17) is 14.3 Å². The van der Waals surface area contributed by atoms with Gasteiger partial charge in [0.05, 0.1) is 24.4 Å². The number of carbonyl (C=O) groups is 3. The van der Waals surface area contributed by atoms with Crippen LogP contribution in [0.5, 0.6) is 0 Å². The summed E-state index contributed by atoms with van der Waals surface area (Å²) in [6.45, 7) is 3.05. The molecule has 3 saturated heterocycles. The fraction of sp³-hybridized carbons (Fsp3) is 0.769. The molecule has 0 aliphatic carbocycles. The van der Waals surface area contributed by atoms with Crippen molar-refractivity contribution in [1.82, 2.24) is 5.06 Å². The number of aliphatic hydroxyl groups excluding tert-OH is 1. The number of aliphatic hydroxyl groups is 2. The van der Waals surface area contributed by atoms with Crippen molar-refractivity contribution in [1.29, 1.82) is 0 Å². The van der Waals surface area contributed by atoms with Gasteiger partial charge in [0, 0.05) is 6.54 Å². The SMILES string of the molecule is CC1(C)C(O)CCN2OC(=O)CC3(O)CC(=O)OC21OC3=O. The second-order valence-electron chi connectivity index (χ2n) is 6.42. The van der Waals surface area contributed by atoms with Gasteiger partial charge >= 0.3 is 23.8 Å². The van der Waals surface area contributed by atoms with Crippen LogP contribution in [-0.4, -0.2) is 57.3 Å². The van der Waals surface area contributed by atoms with Gasteiger partial charge in [0.2, 0.25) is 0 Å². The van der Waals surface area contributed by atoms with Gasteiger partial charge in [-0.2, -0.15) is 0 Å². The molecule has 2 bridgehead atoms. The average molecular weight is 315 g/mol. The third-order valence-electron chi connectivity index (χ3n) is 4.53. The Morgan fingerprint density at radius 2 is 1.77 bits per heavy atom. The Bertz CT molecular complexity index is 560. The van der Waals surface area contributed by atoms with E-state index in [0.29, 0.717) is 0 Å². The van der Waals surface area contributed by atoms with Crippen molar-refractivity contribution in [2.24, 2.45) is 5.41 Å². The van der Waals surface area contributed by atoms with Crippen molar-refractivity contribution in [3.63, 3.8) is 0 Å².